The van der Waals surface area contributed by atoms with Crippen molar-refractivity contribution in [3.8, 4) is 0 Å². The highest BCUT2D eigenvalue weighted by atomic mass is 32.2. The molecule has 1 aromatic rings. The van der Waals surface area contributed by atoms with Crippen LogP contribution in [0.15, 0.2) is 21.6 Å². The summed E-state index contributed by atoms with van der Waals surface area (Å²) < 4.78 is 31.4. The van der Waals surface area contributed by atoms with Crippen LogP contribution < -0.4 is 4.72 Å². The summed E-state index contributed by atoms with van der Waals surface area (Å²) in [4.78, 5) is 0. The fourth-order valence-electron chi connectivity index (χ4n) is 2.33. The summed E-state index contributed by atoms with van der Waals surface area (Å²) in [5.74, 6) is 0.374. The summed E-state index contributed by atoms with van der Waals surface area (Å²) >= 11 is 0. The summed E-state index contributed by atoms with van der Waals surface area (Å²) in [5, 5.41) is 18.2. The van der Waals surface area contributed by atoms with E-state index in [0.29, 0.717) is 13.0 Å². The molecule has 0 bridgehead atoms. The van der Waals surface area contributed by atoms with E-state index in [1.807, 2.05) is 0 Å². The van der Waals surface area contributed by atoms with Crippen LogP contribution in [0.1, 0.15) is 31.4 Å². The van der Waals surface area contributed by atoms with E-state index < -0.39 is 10.0 Å². The maximum atomic E-state index is 11.9. The molecule has 1 aliphatic carbocycles. The van der Waals surface area contributed by atoms with Crippen LogP contribution in [0.4, 0.5) is 0 Å². The quantitative estimate of drug-likeness (QED) is 0.737. The number of furan rings is 1. The Balaban J connectivity index is 1.93. The van der Waals surface area contributed by atoms with Crippen LogP contribution in [-0.4, -0.2) is 31.3 Å². The predicted octanol–water partition coefficient (Wildman–Crippen LogP) is 0.601. The largest absolute Gasteiger partial charge is 0.446 e. The predicted molar refractivity (Wildman–Crippen MR) is 67.8 cm³/mol. The Morgan fingerprint density at radius 2 is 2.16 bits per heavy atom. The zero-order valence-electron chi connectivity index (χ0n) is 10.6. The first-order valence-corrected chi connectivity index (χ1v) is 7.87. The van der Waals surface area contributed by atoms with Crippen molar-refractivity contribution in [3.05, 3.63) is 17.9 Å². The van der Waals surface area contributed by atoms with Crippen molar-refractivity contribution in [1.29, 1.82) is 0 Å². The van der Waals surface area contributed by atoms with Crippen LogP contribution in [0.3, 0.4) is 0 Å². The minimum absolute atomic E-state index is 0.158. The standard InChI is InChI=1S/C12H19NO5S/c14-8-11-4-5-12(18-11)19(16,17)13-7-9-2-1-3-10(15)6-9/h4-5,9-10,13-15H,1-3,6-8H2. The Hall–Kier alpha value is -0.890. The van der Waals surface area contributed by atoms with E-state index in [4.69, 9.17) is 9.52 Å². The van der Waals surface area contributed by atoms with E-state index in [2.05, 4.69) is 4.72 Å². The van der Waals surface area contributed by atoms with Crippen molar-refractivity contribution < 1.29 is 23.0 Å². The van der Waals surface area contributed by atoms with Gasteiger partial charge >= 0.3 is 0 Å². The van der Waals surface area contributed by atoms with Gasteiger partial charge < -0.3 is 14.6 Å². The molecule has 0 aliphatic heterocycles. The lowest BCUT2D eigenvalue weighted by molar-refractivity contribution is 0.102. The van der Waals surface area contributed by atoms with Crippen LogP contribution >= 0.6 is 0 Å². The Labute approximate surface area is 112 Å². The molecule has 19 heavy (non-hydrogen) atoms. The summed E-state index contributed by atoms with van der Waals surface area (Å²) in [6, 6.07) is 2.75. The summed E-state index contributed by atoms with van der Waals surface area (Å²) in [7, 11) is -3.68. The Morgan fingerprint density at radius 3 is 2.79 bits per heavy atom. The first-order valence-electron chi connectivity index (χ1n) is 6.38. The van der Waals surface area contributed by atoms with Crippen molar-refractivity contribution in [1.82, 2.24) is 4.72 Å². The van der Waals surface area contributed by atoms with Crippen LogP contribution in [0, 0.1) is 5.92 Å². The Kier molecular flexibility index (Phi) is 4.62. The molecule has 6 nitrogen and oxygen atoms in total. The number of nitrogens with one attached hydrogen (secondary N) is 1. The average Bonchev–Trinajstić information content (AvgIpc) is 2.86. The van der Waals surface area contributed by atoms with E-state index in [0.717, 1.165) is 19.3 Å². The zero-order valence-corrected chi connectivity index (χ0v) is 11.4. The molecule has 0 spiro atoms. The molecule has 0 saturated heterocycles. The maximum absolute atomic E-state index is 11.9. The fraction of sp³-hybridized carbons (Fsp3) is 0.667. The number of rotatable bonds is 5. The van der Waals surface area contributed by atoms with E-state index in [1.165, 1.54) is 12.1 Å². The second-order valence-electron chi connectivity index (χ2n) is 4.92. The topological polar surface area (TPSA) is 99.8 Å². The third-order valence-corrected chi connectivity index (χ3v) is 4.67. The Morgan fingerprint density at radius 1 is 1.37 bits per heavy atom. The molecule has 2 unspecified atom stereocenters. The lowest BCUT2D eigenvalue weighted by Crippen LogP contribution is -2.32. The van der Waals surface area contributed by atoms with Crippen molar-refractivity contribution in [2.75, 3.05) is 6.54 Å². The first-order chi connectivity index (χ1) is 9.01. The van der Waals surface area contributed by atoms with E-state index in [1.54, 1.807) is 0 Å². The lowest BCUT2D eigenvalue weighted by atomic mass is 9.87. The second-order valence-corrected chi connectivity index (χ2v) is 6.62. The van der Waals surface area contributed by atoms with Crippen LogP contribution in [0.5, 0.6) is 0 Å². The second kappa shape index (κ2) is 6.04. The number of hydrogen-bond donors (Lipinski definition) is 3. The molecule has 1 fully saturated rings. The van der Waals surface area contributed by atoms with Gasteiger partial charge in [-0.1, -0.05) is 6.42 Å². The molecule has 1 saturated carbocycles. The highest BCUT2D eigenvalue weighted by molar-refractivity contribution is 7.89. The van der Waals surface area contributed by atoms with Gasteiger partial charge in [-0.2, -0.15) is 0 Å². The third-order valence-electron chi connectivity index (χ3n) is 3.37. The molecule has 0 radical (unpaired) electrons. The lowest BCUT2D eigenvalue weighted by Gasteiger charge is -2.25. The molecule has 0 amide bonds. The zero-order chi connectivity index (χ0) is 13.9. The van der Waals surface area contributed by atoms with Crippen molar-refractivity contribution in [2.45, 2.75) is 43.5 Å². The Bertz CT molecular complexity index is 510. The normalized spacial score (nSPS) is 24.5. The smallest absolute Gasteiger partial charge is 0.273 e. The van der Waals surface area contributed by atoms with Crippen molar-refractivity contribution >= 4 is 10.0 Å². The van der Waals surface area contributed by atoms with Gasteiger partial charge in [0.2, 0.25) is 5.09 Å². The monoisotopic (exact) mass is 289 g/mol. The van der Waals surface area contributed by atoms with Gasteiger partial charge in [0, 0.05) is 6.54 Å². The summed E-state index contributed by atoms with van der Waals surface area (Å²) in [6.07, 6.45) is 2.93. The molecule has 1 heterocycles. The molecule has 3 N–H and O–H groups in total. The van der Waals surface area contributed by atoms with Gasteiger partial charge in [-0.15, -0.1) is 0 Å². The number of aliphatic hydroxyl groups excluding tert-OH is 2. The van der Waals surface area contributed by atoms with Gasteiger partial charge in [-0.3, -0.25) is 0 Å². The van der Waals surface area contributed by atoms with Crippen molar-refractivity contribution in [2.24, 2.45) is 5.92 Å². The van der Waals surface area contributed by atoms with E-state index >= 15 is 0 Å². The van der Waals surface area contributed by atoms with E-state index in [-0.39, 0.29) is 29.5 Å². The molecule has 2 rings (SSSR count). The molecular weight excluding hydrogens is 270 g/mol. The van der Waals surface area contributed by atoms with Crippen molar-refractivity contribution in [3.63, 3.8) is 0 Å². The van der Waals surface area contributed by atoms with Gasteiger partial charge in [-0.05, 0) is 37.3 Å². The summed E-state index contributed by atoms with van der Waals surface area (Å²) in [6.45, 7) is -0.0289. The van der Waals surface area contributed by atoms with Crippen LogP contribution in [-0.2, 0) is 16.6 Å². The number of hydrogen-bond acceptors (Lipinski definition) is 5. The summed E-state index contributed by atoms with van der Waals surface area (Å²) in [5.41, 5.74) is 0. The highest BCUT2D eigenvalue weighted by Gasteiger charge is 2.24. The average molecular weight is 289 g/mol. The SMILES string of the molecule is O=S(=O)(NCC1CCCC(O)C1)c1ccc(CO)o1. The van der Waals surface area contributed by atoms with Gasteiger partial charge in [0.1, 0.15) is 12.4 Å². The molecule has 7 heteroatoms. The molecule has 1 aliphatic rings. The third kappa shape index (κ3) is 3.79. The van der Waals surface area contributed by atoms with E-state index in [9.17, 15) is 13.5 Å². The first kappa shape index (κ1) is 14.5. The molecule has 0 aromatic carbocycles. The van der Waals surface area contributed by atoms with Gasteiger partial charge in [0.05, 0.1) is 6.10 Å². The number of sulfonamides is 1. The number of aliphatic hydroxyl groups is 2. The maximum Gasteiger partial charge on any atom is 0.273 e. The van der Waals surface area contributed by atoms with Crippen LogP contribution in [0.2, 0.25) is 0 Å². The minimum atomic E-state index is -3.68. The molecule has 108 valence electrons. The molecular formula is C12H19NO5S. The highest BCUT2D eigenvalue weighted by Crippen LogP contribution is 2.24. The molecule has 2 atom stereocenters. The van der Waals surface area contributed by atoms with Gasteiger partial charge in [0.25, 0.3) is 10.0 Å². The van der Waals surface area contributed by atoms with Gasteiger partial charge in [-0.25, -0.2) is 13.1 Å². The molecule has 1 aromatic heterocycles. The fourth-order valence-corrected chi connectivity index (χ4v) is 3.40. The minimum Gasteiger partial charge on any atom is -0.446 e. The van der Waals surface area contributed by atoms with Gasteiger partial charge in [0.15, 0.2) is 0 Å². The van der Waals surface area contributed by atoms with Crippen LogP contribution in [0.25, 0.3) is 0 Å².